The van der Waals surface area contributed by atoms with Crippen LogP contribution < -0.4 is 5.73 Å². The molecule has 0 unspecified atom stereocenters. The van der Waals surface area contributed by atoms with Gasteiger partial charge >= 0.3 is 0 Å². The minimum atomic E-state index is 0.874. The molecule has 1 aromatic rings. The largest absolute Gasteiger partial charge is 0.399 e. The number of hydrogen-bond donors (Lipinski definition) is 1. The highest BCUT2D eigenvalue weighted by molar-refractivity contribution is 5.60. The van der Waals surface area contributed by atoms with Gasteiger partial charge in [0.2, 0.25) is 0 Å². The van der Waals surface area contributed by atoms with Crippen molar-refractivity contribution < 1.29 is 0 Å². The predicted octanol–water partition coefficient (Wildman–Crippen LogP) is 2.23. The number of nitrogen functional groups attached to an aromatic ring is 1. The molecule has 0 atom stereocenters. The molecule has 2 N–H and O–H groups in total. The second-order valence-electron chi connectivity index (χ2n) is 2.90. The summed E-state index contributed by atoms with van der Waals surface area (Å²) in [5.41, 5.74) is 9.24. The lowest BCUT2D eigenvalue weighted by Crippen LogP contribution is -1.95. The summed E-state index contributed by atoms with van der Waals surface area (Å²) in [5.74, 6) is 0. The van der Waals surface area contributed by atoms with Gasteiger partial charge < -0.3 is 5.73 Å². The zero-order valence-electron chi connectivity index (χ0n) is 6.38. The highest BCUT2D eigenvalue weighted by Gasteiger charge is 2.02. The molecule has 1 aromatic carbocycles. The summed E-state index contributed by atoms with van der Waals surface area (Å²) < 4.78 is 0. The summed E-state index contributed by atoms with van der Waals surface area (Å²) in [6.45, 7) is 0. The molecule has 0 fully saturated rings. The van der Waals surface area contributed by atoms with E-state index in [1.807, 2.05) is 6.07 Å². The highest BCUT2D eigenvalue weighted by atomic mass is 14.5. The van der Waals surface area contributed by atoms with Crippen molar-refractivity contribution >= 4 is 11.8 Å². The van der Waals surface area contributed by atoms with Gasteiger partial charge in [0, 0.05) is 5.69 Å². The summed E-state index contributed by atoms with van der Waals surface area (Å²) >= 11 is 0. The third-order valence-electron chi connectivity index (χ3n) is 2.04. The van der Waals surface area contributed by atoms with Crippen LogP contribution in [-0.4, -0.2) is 0 Å². The first-order valence-electron chi connectivity index (χ1n) is 3.91. The smallest absolute Gasteiger partial charge is 0.0317 e. The summed E-state index contributed by atoms with van der Waals surface area (Å²) in [7, 11) is 0. The van der Waals surface area contributed by atoms with Crippen molar-refractivity contribution in [1.29, 1.82) is 0 Å². The van der Waals surface area contributed by atoms with Crippen LogP contribution in [0.5, 0.6) is 0 Å². The van der Waals surface area contributed by atoms with Crippen molar-refractivity contribution in [2.24, 2.45) is 0 Å². The topological polar surface area (TPSA) is 26.0 Å². The van der Waals surface area contributed by atoms with Gasteiger partial charge in [0.1, 0.15) is 0 Å². The van der Waals surface area contributed by atoms with Crippen LogP contribution in [0.25, 0.3) is 6.08 Å². The Kier molecular flexibility index (Phi) is 1.42. The second kappa shape index (κ2) is 2.42. The van der Waals surface area contributed by atoms with Gasteiger partial charge in [-0.25, -0.2) is 0 Å². The van der Waals surface area contributed by atoms with E-state index in [1.165, 1.54) is 11.1 Å². The first-order valence-corrected chi connectivity index (χ1v) is 3.91. The van der Waals surface area contributed by atoms with Crippen LogP contribution in [0.3, 0.4) is 0 Å². The Morgan fingerprint density at radius 3 is 3.09 bits per heavy atom. The van der Waals surface area contributed by atoms with E-state index in [0.29, 0.717) is 0 Å². The van der Waals surface area contributed by atoms with E-state index < -0.39 is 0 Å². The van der Waals surface area contributed by atoms with E-state index in [2.05, 4.69) is 24.3 Å². The fourth-order valence-corrected chi connectivity index (χ4v) is 1.45. The Bertz CT molecular complexity index is 300. The molecule has 1 aliphatic carbocycles. The minimum Gasteiger partial charge on any atom is -0.399 e. The molecule has 11 heavy (non-hydrogen) atoms. The first-order chi connectivity index (χ1) is 5.36. The summed E-state index contributed by atoms with van der Waals surface area (Å²) in [6, 6.07) is 6.10. The van der Waals surface area contributed by atoms with Crippen LogP contribution >= 0.6 is 0 Å². The van der Waals surface area contributed by atoms with Gasteiger partial charge in [-0.2, -0.15) is 0 Å². The molecule has 56 valence electrons. The summed E-state index contributed by atoms with van der Waals surface area (Å²) in [4.78, 5) is 0. The van der Waals surface area contributed by atoms with Crippen molar-refractivity contribution in [1.82, 2.24) is 0 Å². The fourth-order valence-electron chi connectivity index (χ4n) is 1.45. The van der Waals surface area contributed by atoms with Gasteiger partial charge in [-0.15, -0.1) is 0 Å². The molecule has 1 heteroatoms. The molecule has 0 heterocycles. The normalized spacial score (nSPS) is 14.5. The molecule has 0 amide bonds. The molecular weight excluding hydrogens is 134 g/mol. The number of nitrogens with two attached hydrogens (primary N) is 1. The van der Waals surface area contributed by atoms with Crippen LogP contribution in [0, 0.1) is 0 Å². The molecule has 0 aliphatic heterocycles. The van der Waals surface area contributed by atoms with Crippen molar-refractivity contribution in [2.75, 3.05) is 5.73 Å². The Balaban J connectivity index is 2.53. The third-order valence-corrected chi connectivity index (χ3v) is 2.04. The van der Waals surface area contributed by atoms with Gasteiger partial charge in [0.25, 0.3) is 0 Å². The second-order valence-corrected chi connectivity index (χ2v) is 2.90. The monoisotopic (exact) mass is 145 g/mol. The number of anilines is 1. The lowest BCUT2D eigenvalue weighted by Gasteiger charge is -2.09. The predicted molar refractivity (Wildman–Crippen MR) is 48.2 cm³/mol. The van der Waals surface area contributed by atoms with Crippen LogP contribution in [0.4, 0.5) is 5.69 Å². The van der Waals surface area contributed by atoms with E-state index >= 15 is 0 Å². The number of rotatable bonds is 0. The SMILES string of the molecule is Nc1ccc2c(c1)CCC=C2. The molecule has 0 bridgehead atoms. The molecule has 0 saturated carbocycles. The van der Waals surface area contributed by atoms with Gasteiger partial charge in [-0.05, 0) is 36.1 Å². The third kappa shape index (κ3) is 1.14. The molecule has 0 radical (unpaired) electrons. The standard InChI is InChI=1S/C10H11N/c11-10-6-5-8-3-1-2-4-9(8)7-10/h1,3,5-7H,2,4,11H2. The maximum atomic E-state index is 5.66. The molecule has 0 spiro atoms. The van der Waals surface area contributed by atoms with Crippen molar-refractivity contribution in [2.45, 2.75) is 12.8 Å². The Hall–Kier alpha value is -1.24. The first kappa shape index (κ1) is 6.47. The van der Waals surface area contributed by atoms with Crippen LogP contribution in [0.2, 0.25) is 0 Å². The van der Waals surface area contributed by atoms with E-state index in [1.54, 1.807) is 0 Å². The average molecular weight is 145 g/mol. The van der Waals surface area contributed by atoms with Gasteiger partial charge in [-0.1, -0.05) is 18.2 Å². The quantitative estimate of drug-likeness (QED) is 0.556. The average Bonchev–Trinajstić information content (AvgIpc) is 2.04. The fraction of sp³-hybridized carbons (Fsp3) is 0.200. The molecule has 1 aliphatic rings. The summed E-state index contributed by atoms with van der Waals surface area (Å²) in [6.07, 6.45) is 6.66. The van der Waals surface area contributed by atoms with Crippen molar-refractivity contribution in [3.05, 3.63) is 35.4 Å². The van der Waals surface area contributed by atoms with E-state index in [0.717, 1.165) is 18.5 Å². The maximum absolute atomic E-state index is 5.66. The summed E-state index contributed by atoms with van der Waals surface area (Å²) in [5, 5.41) is 0. The van der Waals surface area contributed by atoms with Gasteiger partial charge in [0.05, 0.1) is 0 Å². The zero-order valence-corrected chi connectivity index (χ0v) is 6.38. The molecule has 1 nitrogen and oxygen atoms in total. The van der Waals surface area contributed by atoms with Crippen LogP contribution in [0.15, 0.2) is 24.3 Å². The Labute approximate surface area is 66.5 Å². The van der Waals surface area contributed by atoms with Crippen LogP contribution in [-0.2, 0) is 6.42 Å². The molecular formula is C10H11N. The minimum absolute atomic E-state index is 0.874. The lowest BCUT2D eigenvalue weighted by atomic mass is 9.97. The zero-order chi connectivity index (χ0) is 7.68. The Morgan fingerprint density at radius 2 is 2.18 bits per heavy atom. The molecule has 0 aromatic heterocycles. The lowest BCUT2D eigenvalue weighted by molar-refractivity contribution is 0.986. The van der Waals surface area contributed by atoms with Gasteiger partial charge in [-0.3, -0.25) is 0 Å². The van der Waals surface area contributed by atoms with Crippen LogP contribution in [0.1, 0.15) is 17.5 Å². The number of aryl methyl sites for hydroxylation is 1. The van der Waals surface area contributed by atoms with Crippen molar-refractivity contribution in [3.8, 4) is 0 Å². The number of benzene rings is 1. The van der Waals surface area contributed by atoms with E-state index in [9.17, 15) is 0 Å². The number of allylic oxidation sites excluding steroid dienone is 1. The van der Waals surface area contributed by atoms with Gasteiger partial charge in [0.15, 0.2) is 0 Å². The maximum Gasteiger partial charge on any atom is 0.0317 e. The van der Waals surface area contributed by atoms with E-state index in [4.69, 9.17) is 5.73 Å². The number of hydrogen-bond acceptors (Lipinski definition) is 1. The van der Waals surface area contributed by atoms with E-state index in [-0.39, 0.29) is 0 Å². The number of fused-ring (bicyclic) bond motifs is 1. The highest BCUT2D eigenvalue weighted by Crippen LogP contribution is 2.20. The van der Waals surface area contributed by atoms with Crippen molar-refractivity contribution in [3.63, 3.8) is 0 Å². The molecule has 2 rings (SSSR count). The Morgan fingerprint density at radius 1 is 1.27 bits per heavy atom. The molecule has 0 saturated heterocycles.